The molecule has 5 rings (SSSR count). The second-order valence-corrected chi connectivity index (χ2v) is 9.50. The molecule has 2 aromatic carbocycles. The molecule has 1 spiro atoms. The van der Waals surface area contributed by atoms with Crippen molar-refractivity contribution in [1.82, 2.24) is 5.32 Å². The highest BCUT2D eigenvalue weighted by Gasteiger charge is 2.43. The minimum atomic E-state index is -0.182. The minimum absolute atomic E-state index is 0.0542. The Hall–Kier alpha value is -2.00. The Morgan fingerprint density at radius 1 is 1.10 bits per heavy atom. The van der Waals surface area contributed by atoms with Crippen molar-refractivity contribution in [2.45, 2.75) is 68.9 Å². The van der Waals surface area contributed by atoms with Crippen LogP contribution in [0.25, 0.3) is 5.70 Å². The Bertz CT molecular complexity index is 944. The van der Waals surface area contributed by atoms with Gasteiger partial charge in [-0.2, -0.15) is 0 Å². The highest BCUT2D eigenvalue weighted by molar-refractivity contribution is 6.30. The Kier molecular flexibility index (Phi) is 4.82. The molecule has 2 nitrogen and oxygen atoms in total. The van der Waals surface area contributed by atoms with Crippen LogP contribution in [0.15, 0.2) is 43.0 Å². The van der Waals surface area contributed by atoms with Gasteiger partial charge in [-0.25, -0.2) is 4.39 Å². The third-order valence-corrected chi connectivity index (χ3v) is 7.48. The van der Waals surface area contributed by atoms with Crippen LogP contribution in [0.3, 0.4) is 0 Å². The molecule has 29 heavy (non-hydrogen) atoms. The summed E-state index contributed by atoms with van der Waals surface area (Å²) in [6.45, 7) is 4.30. The van der Waals surface area contributed by atoms with E-state index >= 15 is 0 Å². The van der Waals surface area contributed by atoms with Gasteiger partial charge in [-0.1, -0.05) is 37.1 Å². The smallest absolute Gasteiger partial charge is 0.128 e. The second-order valence-electron chi connectivity index (χ2n) is 9.07. The minimum Gasteiger partial charge on any atom is -0.382 e. The van der Waals surface area contributed by atoms with E-state index in [-0.39, 0.29) is 17.3 Å². The van der Waals surface area contributed by atoms with Crippen molar-refractivity contribution in [2.24, 2.45) is 0 Å². The van der Waals surface area contributed by atoms with Crippen molar-refractivity contribution in [1.29, 1.82) is 0 Å². The predicted octanol–water partition coefficient (Wildman–Crippen LogP) is 6.96. The summed E-state index contributed by atoms with van der Waals surface area (Å²) in [5.74, 6) is -0.182. The maximum atomic E-state index is 14.6. The molecule has 0 amide bonds. The van der Waals surface area contributed by atoms with E-state index in [1.807, 2.05) is 0 Å². The van der Waals surface area contributed by atoms with Crippen molar-refractivity contribution in [2.75, 3.05) is 5.32 Å². The summed E-state index contributed by atoms with van der Waals surface area (Å²) in [5, 5.41) is 7.79. The molecule has 2 saturated carbocycles. The third kappa shape index (κ3) is 3.44. The fraction of sp³-hybridized carbons (Fsp3) is 0.440. The maximum Gasteiger partial charge on any atom is 0.128 e. The Labute approximate surface area is 177 Å². The van der Waals surface area contributed by atoms with E-state index in [9.17, 15) is 4.39 Å². The summed E-state index contributed by atoms with van der Waals surface area (Å²) in [7, 11) is 0. The van der Waals surface area contributed by atoms with Gasteiger partial charge in [0.2, 0.25) is 0 Å². The van der Waals surface area contributed by atoms with E-state index < -0.39 is 0 Å². The number of benzene rings is 2. The predicted molar refractivity (Wildman–Crippen MR) is 119 cm³/mol. The summed E-state index contributed by atoms with van der Waals surface area (Å²) in [6.07, 6.45) is 9.47. The van der Waals surface area contributed by atoms with Gasteiger partial charge < -0.3 is 10.6 Å². The lowest BCUT2D eigenvalue weighted by Gasteiger charge is -2.42. The monoisotopic (exact) mass is 410 g/mol. The van der Waals surface area contributed by atoms with Gasteiger partial charge in [0.1, 0.15) is 5.82 Å². The highest BCUT2D eigenvalue weighted by Crippen LogP contribution is 2.53. The van der Waals surface area contributed by atoms with Gasteiger partial charge in [-0.15, -0.1) is 0 Å². The summed E-state index contributed by atoms with van der Waals surface area (Å²) in [4.78, 5) is 0. The van der Waals surface area contributed by atoms with Crippen LogP contribution in [0.2, 0.25) is 5.02 Å². The van der Waals surface area contributed by atoms with E-state index in [1.54, 1.807) is 12.1 Å². The Morgan fingerprint density at radius 3 is 2.62 bits per heavy atom. The average Bonchev–Trinajstić information content (AvgIpc) is 3.15. The molecule has 0 bridgehead atoms. The number of hydrogen-bond acceptors (Lipinski definition) is 2. The Morgan fingerprint density at radius 2 is 1.90 bits per heavy atom. The average molecular weight is 411 g/mol. The van der Waals surface area contributed by atoms with Crippen molar-refractivity contribution >= 4 is 23.0 Å². The molecule has 4 heteroatoms. The summed E-state index contributed by atoms with van der Waals surface area (Å²) in [6, 6.07) is 12.0. The zero-order valence-electron chi connectivity index (χ0n) is 16.7. The largest absolute Gasteiger partial charge is 0.382 e. The third-order valence-electron chi connectivity index (χ3n) is 7.24. The molecule has 2 aromatic rings. The lowest BCUT2D eigenvalue weighted by molar-refractivity contribution is 0.362. The van der Waals surface area contributed by atoms with Gasteiger partial charge in [-0.05, 0) is 85.4 Å². The summed E-state index contributed by atoms with van der Waals surface area (Å²) >= 11 is 6.19. The van der Waals surface area contributed by atoms with Gasteiger partial charge >= 0.3 is 0 Å². The number of hydrogen-bond donors (Lipinski definition) is 2. The molecule has 0 radical (unpaired) electrons. The van der Waals surface area contributed by atoms with Gasteiger partial charge in [0.25, 0.3) is 0 Å². The van der Waals surface area contributed by atoms with Crippen LogP contribution < -0.4 is 10.6 Å². The van der Waals surface area contributed by atoms with Crippen LogP contribution in [-0.4, -0.2) is 6.04 Å². The quantitative estimate of drug-likeness (QED) is 0.569. The first kappa shape index (κ1) is 19.0. The molecule has 2 fully saturated rings. The molecule has 1 unspecified atom stereocenters. The van der Waals surface area contributed by atoms with Crippen LogP contribution in [0, 0.1) is 5.82 Å². The number of fused-ring (bicyclic) bond motifs is 2. The van der Waals surface area contributed by atoms with E-state index in [0.717, 1.165) is 30.6 Å². The number of rotatable bonds is 4. The molecule has 1 aliphatic heterocycles. The van der Waals surface area contributed by atoms with Crippen molar-refractivity contribution in [3.63, 3.8) is 0 Å². The first-order valence-corrected chi connectivity index (χ1v) is 11.2. The molecule has 1 heterocycles. The van der Waals surface area contributed by atoms with Crippen LogP contribution >= 0.6 is 11.6 Å². The van der Waals surface area contributed by atoms with E-state index in [1.165, 1.54) is 49.3 Å². The van der Waals surface area contributed by atoms with Gasteiger partial charge in [0.05, 0.1) is 6.04 Å². The molecule has 2 N–H and O–H groups in total. The van der Waals surface area contributed by atoms with E-state index in [4.69, 9.17) is 11.6 Å². The van der Waals surface area contributed by atoms with Gasteiger partial charge in [0, 0.05) is 28.0 Å². The van der Waals surface area contributed by atoms with E-state index in [0.29, 0.717) is 16.6 Å². The zero-order valence-corrected chi connectivity index (χ0v) is 17.5. The van der Waals surface area contributed by atoms with Crippen LogP contribution in [0.1, 0.15) is 74.1 Å². The Balaban J connectivity index is 1.50. The number of halogens is 2. The second kappa shape index (κ2) is 7.36. The van der Waals surface area contributed by atoms with Crippen molar-refractivity contribution in [3.8, 4) is 0 Å². The lowest BCUT2D eigenvalue weighted by Crippen LogP contribution is -2.35. The van der Waals surface area contributed by atoms with Crippen LogP contribution in [-0.2, 0) is 5.41 Å². The lowest BCUT2D eigenvalue weighted by atomic mass is 9.69. The molecule has 0 aromatic heterocycles. The fourth-order valence-corrected chi connectivity index (χ4v) is 5.59. The molecule has 3 aliphatic rings. The molecular weight excluding hydrogens is 383 g/mol. The number of nitrogens with one attached hydrogen (secondary N) is 2. The normalized spacial score (nSPS) is 22.6. The molecule has 2 aliphatic carbocycles. The molecular formula is C25H28ClFN2. The topological polar surface area (TPSA) is 24.1 Å². The van der Waals surface area contributed by atoms with Crippen LogP contribution in [0.4, 0.5) is 10.1 Å². The molecule has 152 valence electrons. The van der Waals surface area contributed by atoms with E-state index in [2.05, 4.69) is 35.4 Å². The summed E-state index contributed by atoms with van der Waals surface area (Å²) in [5.41, 5.74) is 5.48. The maximum absolute atomic E-state index is 14.6. The van der Waals surface area contributed by atoms with Gasteiger partial charge in [-0.3, -0.25) is 0 Å². The SMILES string of the molecule is C=C(NC1CCC1)c1ccc2c(c1)C1(CCCC1)CC(c1cc(Cl)ccc1F)N2. The fourth-order valence-electron chi connectivity index (χ4n) is 5.41. The first-order chi connectivity index (χ1) is 14.0. The van der Waals surface area contributed by atoms with Crippen LogP contribution in [0.5, 0.6) is 0 Å². The van der Waals surface area contributed by atoms with Crippen molar-refractivity contribution in [3.05, 3.63) is 70.5 Å². The molecule has 1 atom stereocenters. The number of anilines is 1. The first-order valence-electron chi connectivity index (χ1n) is 10.9. The van der Waals surface area contributed by atoms with Gasteiger partial charge in [0.15, 0.2) is 0 Å². The molecule has 0 saturated heterocycles. The standard InChI is InChI=1S/C25H28ClFN2/c1-16(28-19-5-4-6-19)17-7-10-23-21(13-17)25(11-2-3-12-25)15-24(29-23)20-14-18(26)8-9-22(20)27/h7-10,13-14,19,24,28-29H,1-6,11-12,15H2. The van der Waals surface area contributed by atoms with Crippen molar-refractivity contribution < 1.29 is 4.39 Å². The highest BCUT2D eigenvalue weighted by atomic mass is 35.5. The zero-order chi connectivity index (χ0) is 20.0. The summed E-state index contributed by atoms with van der Waals surface area (Å²) < 4.78 is 14.6.